The molecule has 1 aliphatic rings. The van der Waals surface area contributed by atoms with Crippen LogP contribution < -0.4 is 10.6 Å². The van der Waals surface area contributed by atoms with Crippen LogP contribution in [0.15, 0.2) is 76.6 Å². The molecule has 0 radical (unpaired) electrons. The molecule has 1 aliphatic carbocycles. The van der Waals surface area contributed by atoms with Gasteiger partial charge in [-0.2, -0.15) is 8.42 Å². The summed E-state index contributed by atoms with van der Waals surface area (Å²) in [6.45, 7) is 3.37. The number of carbonyl (C=O) groups excluding carboxylic acids is 1. The summed E-state index contributed by atoms with van der Waals surface area (Å²) in [5.41, 5.74) is 3.63. The van der Waals surface area contributed by atoms with Crippen LogP contribution in [-0.4, -0.2) is 28.1 Å². The first-order valence-electron chi connectivity index (χ1n) is 11.7. The zero-order valence-corrected chi connectivity index (χ0v) is 20.9. The molecule has 1 fully saturated rings. The van der Waals surface area contributed by atoms with Crippen molar-refractivity contribution in [1.82, 2.24) is 5.32 Å². The zero-order valence-electron chi connectivity index (χ0n) is 20.1. The van der Waals surface area contributed by atoms with Crippen LogP contribution in [0.25, 0.3) is 28.4 Å². The summed E-state index contributed by atoms with van der Waals surface area (Å²) >= 11 is 0. The molecule has 0 saturated heterocycles. The van der Waals surface area contributed by atoms with Crippen molar-refractivity contribution in [2.45, 2.75) is 23.7 Å². The Kier molecular flexibility index (Phi) is 6.57. The highest BCUT2D eigenvalue weighted by Crippen LogP contribution is 2.46. The van der Waals surface area contributed by atoms with Crippen molar-refractivity contribution in [3.8, 4) is 11.3 Å². The van der Waals surface area contributed by atoms with Gasteiger partial charge in [0, 0.05) is 29.8 Å². The quantitative estimate of drug-likeness (QED) is 0.211. The molecule has 0 spiro atoms. The number of rotatable bonds is 9. The maximum absolute atomic E-state index is 13.5. The second-order valence-electron chi connectivity index (χ2n) is 8.77. The average molecular weight is 521 g/mol. The molecule has 190 valence electrons. The average Bonchev–Trinajstić information content (AvgIpc) is 3.68. The third kappa shape index (κ3) is 5.00. The van der Waals surface area contributed by atoms with Crippen molar-refractivity contribution in [3.05, 3.63) is 89.8 Å². The fraction of sp³-hybridized carbons (Fsp3) is 0.179. The van der Waals surface area contributed by atoms with Gasteiger partial charge in [0.25, 0.3) is 16.0 Å². The highest BCUT2D eigenvalue weighted by atomic mass is 32.2. The van der Waals surface area contributed by atoms with Gasteiger partial charge < -0.3 is 15.1 Å². The van der Waals surface area contributed by atoms with Crippen molar-refractivity contribution in [2.75, 3.05) is 19.1 Å². The first-order valence-corrected chi connectivity index (χ1v) is 13.2. The van der Waals surface area contributed by atoms with Gasteiger partial charge in [-0.05, 0) is 72.4 Å². The van der Waals surface area contributed by atoms with E-state index in [1.807, 2.05) is 6.07 Å². The van der Waals surface area contributed by atoms with E-state index >= 15 is 0 Å². The van der Waals surface area contributed by atoms with E-state index in [4.69, 9.17) is 8.60 Å². The van der Waals surface area contributed by atoms with Crippen molar-refractivity contribution in [3.63, 3.8) is 0 Å². The number of anilines is 1. The molecule has 3 aromatic carbocycles. The summed E-state index contributed by atoms with van der Waals surface area (Å²) in [6, 6.07) is 15.7. The highest BCUT2D eigenvalue weighted by Gasteiger charge is 2.30. The van der Waals surface area contributed by atoms with Gasteiger partial charge in [0.05, 0.1) is 10.5 Å². The van der Waals surface area contributed by atoms with Crippen molar-refractivity contribution >= 4 is 38.8 Å². The molecule has 7 nitrogen and oxygen atoms in total. The van der Waals surface area contributed by atoms with Gasteiger partial charge in [-0.15, -0.1) is 0 Å². The van der Waals surface area contributed by atoms with E-state index < -0.39 is 15.9 Å². The van der Waals surface area contributed by atoms with E-state index in [9.17, 15) is 17.6 Å². The fourth-order valence-corrected chi connectivity index (χ4v) is 5.13. The molecule has 1 heterocycles. The lowest BCUT2D eigenvalue weighted by Crippen LogP contribution is -2.18. The van der Waals surface area contributed by atoms with E-state index in [1.165, 1.54) is 31.3 Å². The second kappa shape index (κ2) is 9.84. The molecule has 37 heavy (non-hydrogen) atoms. The molecule has 0 atom stereocenters. The van der Waals surface area contributed by atoms with E-state index in [-0.39, 0.29) is 23.5 Å². The Balaban J connectivity index is 1.48. The van der Waals surface area contributed by atoms with Crippen molar-refractivity contribution in [1.29, 1.82) is 0 Å². The molecule has 5 rings (SSSR count). The predicted octanol–water partition coefficient (Wildman–Crippen LogP) is 5.89. The minimum Gasteiger partial charge on any atom is -0.455 e. The minimum atomic E-state index is -4.00. The summed E-state index contributed by atoms with van der Waals surface area (Å²) in [5.74, 6) is -0.115. The maximum atomic E-state index is 13.5. The number of halogens is 1. The highest BCUT2D eigenvalue weighted by molar-refractivity contribution is 7.86. The van der Waals surface area contributed by atoms with E-state index in [1.54, 1.807) is 36.4 Å². The molecular formula is C28H25FN2O5S. The Morgan fingerprint density at radius 3 is 2.59 bits per heavy atom. The molecule has 0 aliphatic heterocycles. The molecule has 9 heteroatoms. The van der Waals surface area contributed by atoms with Gasteiger partial charge in [-0.1, -0.05) is 24.8 Å². The Morgan fingerprint density at radius 1 is 1.16 bits per heavy atom. The van der Waals surface area contributed by atoms with Crippen molar-refractivity contribution in [2.24, 2.45) is 0 Å². The normalized spacial score (nSPS) is 13.5. The third-order valence-corrected chi connectivity index (χ3v) is 7.56. The smallest absolute Gasteiger partial charge is 0.298 e. The Morgan fingerprint density at radius 2 is 1.92 bits per heavy atom. The van der Waals surface area contributed by atoms with Crippen LogP contribution in [0.2, 0.25) is 0 Å². The summed E-state index contributed by atoms with van der Waals surface area (Å²) in [4.78, 5) is 12.9. The Bertz CT molecular complexity index is 1610. The summed E-state index contributed by atoms with van der Waals surface area (Å²) < 4.78 is 50.2. The van der Waals surface area contributed by atoms with E-state index in [0.29, 0.717) is 39.1 Å². The molecule has 4 aromatic rings. The standard InChI is InChI=1S/C28H25FN2O5S/c1-3-17-5-4-6-21(13-17)37(33,34)35-16-31-24-15-25-23(14-22(24)18-7-8-18)26(28(32)30-2)27(36-25)19-9-11-20(29)12-10-19/h3-6,9-15,18,31H,1,7-8,16H2,2H3,(H,30,32). The number of amides is 1. The molecule has 1 aromatic heterocycles. The van der Waals surface area contributed by atoms with Gasteiger partial charge >= 0.3 is 0 Å². The number of furan rings is 1. The molecular weight excluding hydrogens is 495 g/mol. The van der Waals surface area contributed by atoms with Crippen LogP contribution in [0.3, 0.4) is 0 Å². The molecule has 1 amide bonds. The first-order chi connectivity index (χ1) is 17.8. The van der Waals surface area contributed by atoms with E-state index in [2.05, 4.69) is 17.2 Å². The van der Waals surface area contributed by atoms with Crippen LogP contribution in [0.4, 0.5) is 10.1 Å². The van der Waals surface area contributed by atoms with Crippen LogP contribution in [-0.2, 0) is 14.3 Å². The predicted molar refractivity (Wildman–Crippen MR) is 140 cm³/mol. The van der Waals surface area contributed by atoms with Crippen LogP contribution in [0.1, 0.15) is 40.2 Å². The number of benzene rings is 3. The summed E-state index contributed by atoms with van der Waals surface area (Å²) in [6.07, 6.45) is 3.52. The lowest BCUT2D eigenvalue weighted by atomic mass is 10.0. The summed E-state index contributed by atoms with van der Waals surface area (Å²) in [7, 11) is -2.46. The number of hydrogen-bond donors (Lipinski definition) is 2. The lowest BCUT2D eigenvalue weighted by molar-refractivity contribution is 0.0964. The number of nitrogens with one attached hydrogen (secondary N) is 2. The van der Waals surface area contributed by atoms with Gasteiger partial charge in [0.2, 0.25) is 0 Å². The largest absolute Gasteiger partial charge is 0.455 e. The summed E-state index contributed by atoms with van der Waals surface area (Å²) in [5, 5.41) is 6.35. The van der Waals surface area contributed by atoms with Crippen LogP contribution >= 0.6 is 0 Å². The Labute approximate surface area is 214 Å². The van der Waals surface area contributed by atoms with Gasteiger partial charge in [-0.25, -0.2) is 8.57 Å². The van der Waals surface area contributed by atoms with Crippen molar-refractivity contribution < 1.29 is 26.2 Å². The van der Waals surface area contributed by atoms with Crippen LogP contribution in [0, 0.1) is 5.82 Å². The monoisotopic (exact) mass is 520 g/mol. The molecule has 0 bridgehead atoms. The fourth-order valence-electron chi connectivity index (χ4n) is 4.25. The lowest BCUT2D eigenvalue weighted by Gasteiger charge is -2.13. The minimum absolute atomic E-state index is 0.0368. The third-order valence-electron chi connectivity index (χ3n) is 6.30. The van der Waals surface area contributed by atoms with Gasteiger partial charge in [0.1, 0.15) is 23.9 Å². The number of fused-ring (bicyclic) bond motifs is 1. The molecule has 0 unspecified atom stereocenters. The zero-order chi connectivity index (χ0) is 26.2. The van der Waals surface area contributed by atoms with Gasteiger partial charge in [-0.3, -0.25) is 4.79 Å². The van der Waals surface area contributed by atoms with Crippen LogP contribution in [0.5, 0.6) is 0 Å². The van der Waals surface area contributed by atoms with Gasteiger partial charge in [0.15, 0.2) is 0 Å². The topological polar surface area (TPSA) is 97.6 Å². The number of hydrogen-bond acceptors (Lipinski definition) is 6. The first kappa shape index (κ1) is 24.7. The SMILES string of the molecule is C=Cc1cccc(S(=O)(=O)OCNc2cc3oc(-c4ccc(F)cc4)c(C(=O)NC)c3cc2C2CC2)c1. The molecule has 2 N–H and O–H groups in total. The second-order valence-corrected chi connectivity index (χ2v) is 10.4. The Hall–Kier alpha value is -3.95. The molecule has 1 saturated carbocycles. The maximum Gasteiger partial charge on any atom is 0.298 e. The number of carbonyl (C=O) groups is 1. The van der Waals surface area contributed by atoms with E-state index in [0.717, 1.165) is 18.4 Å².